The molecule has 3 aromatic rings. The van der Waals surface area contributed by atoms with E-state index < -0.39 is 6.04 Å². The third-order valence-corrected chi connectivity index (χ3v) is 6.18. The number of piperazine rings is 1. The van der Waals surface area contributed by atoms with E-state index in [1.807, 2.05) is 36.9 Å². The van der Waals surface area contributed by atoms with Crippen LogP contribution in [0.5, 0.6) is 5.75 Å². The molecule has 34 heavy (non-hydrogen) atoms. The Hall–Kier alpha value is -3.94. The molecule has 1 saturated heterocycles. The first-order valence-corrected chi connectivity index (χ1v) is 11.4. The van der Waals surface area contributed by atoms with Gasteiger partial charge in [-0.2, -0.15) is 0 Å². The highest BCUT2D eigenvalue weighted by Gasteiger charge is 2.39. The summed E-state index contributed by atoms with van der Waals surface area (Å²) in [5.41, 5.74) is 8.42. The second-order valence-corrected chi connectivity index (χ2v) is 8.65. The van der Waals surface area contributed by atoms with E-state index in [4.69, 9.17) is 5.73 Å². The smallest absolute Gasteiger partial charge is 0.247 e. The molecule has 0 aliphatic carbocycles. The van der Waals surface area contributed by atoms with E-state index in [1.165, 1.54) is 12.4 Å². The fraction of sp³-hybridized carbons (Fsp3) is 0.308. The molecule has 1 aromatic heterocycles. The number of aromatic hydroxyl groups is 1. The zero-order chi connectivity index (χ0) is 24.2. The van der Waals surface area contributed by atoms with Gasteiger partial charge in [-0.3, -0.25) is 9.59 Å². The standard InChI is InChI=1S/C26H29N5O3/c1-3-4-23-26(34)30(15-19-7-11-21-22(13-19)28-16-29-25(21)27)17(2)14-31(23)24(33)12-8-18-5-9-20(32)10-6-18/h5-13,16-17,23,32H,3-4,14-15H2,1-2H3,(H2,27,28,29)/t17-,23+/m1/s1. The van der Waals surface area contributed by atoms with Crippen LogP contribution in [0.15, 0.2) is 54.9 Å². The molecular formula is C26H29N5O3. The number of hydrogen-bond donors (Lipinski definition) is 2. The number of hydrogen-bond acceptors (Lipinski definition) is 6. The fourth-order valence-corrected chi connectivity index (χ4v) is 4.35. The maximum Gasteiger partial charge on any atom is 0.247 e. The molecule has 0 bridgehead atoms. The van der Waals surface area contributed by atoms with Crippen molar-refractivity contribution in [3.8, 4) is 5.75 Å². The molecule has 0 unspecified atom stereocenters. The highest BCUT2D eigenvalue weighted by atomic mass is 16.3. The van der Waals surface area contributed by atoms with Crippen LogP contribution in [0.2, 0.25) is 0 Å². The maximum atomic E-state index is 13.5. The van der Waals surface area contributed by atoms with Crippen molar-refractivity contribution in [1.29, 1.82) is 0 Å². The Bertz CT molecular complexity index is 1220. The Morgan fingerprint density at radius 2 is 1.97 bits per heavy atom. The van der Waals surface area contributed by atoms with Crippen molar-refractivity contribution in [1.82, 2.24) is 19.8 Å². The predicted octanol–water partition coefficient (Wildman–Crippen LogP) is 3.36. The Kier molecular flexibility index (Phi) is 6.77. The Morgan fingerprint density at radius 3 is 2.71 bits per heavy atom. The second-order valence-electron chi connectivity index (χ2n) is 8.65. The van der Waals surface area contributed by atoms with Crippen LogP contribution in [0, 0.1) is 0 Å². The average molecular weight is 460 g/mol. The monoisotopic (exact) mass is 459 g/mol. The number of aromatic nitrogens is 2. The summed E-state index contributed by atoms with van der Waals surface area (Å²) in [7, 11) is 0. The fourth-order valence-electron chi connectivity index (χ4n) is 4.35. The van der Waals surface area contributed by atoms with E-state index in [1.54, 1.807) is 35.2 Å². The van der Waals surface area contributed by atoms with Crippen LogP contribution >= 0.6 is 0 Å². The number of carbonyl (C=O) groups is 2. The summed E-state index contributed by atoms with van der Waals surface area (Å²) in [6.45, 7) is 4.87. The molecule has 0 saturated carbocycles. The van der Waals surface area contributed by atoms with Crippen molar-refractivity contribution in [3.63, 3.8) is 0 Å². The Morgan fingerprint density at radius 1 is 1.21 bits per heavy atom. The normalized spacial score (nSPS) is 18.7. The van der Waals surface area contributed by atoms with Gasteiger partial charge in [-0.15, -0.1) is 0 Å². The van der Waals surface area contributed by atoms with Crippen LogP contribution in [0.1, 0.15) is 37.8 Å². The van der Waals surface area contributed by atoms with Crippen molar-refractivity contribution >= 4 is 34.6 Å². The summed E-state index contributed by atoms with van der Waals surface area (Å²) in [6, 6.07) is 11.7. The number of nitrogens with two attached hydrogens (primary N) is 1. The van der Waals surface area contributed by atoms with Gasteiger partial charge >= 0.3 is 0 Å². The summed E-state index contributed by atoms with van der Waals surface area (Å²) in [5.74, 6) is 0.361. The summed E-state index contributed by atoms with van der Waals surface area (Å²) in [4.78, 5) is 38.4. The molecular weight excluding hydrogens is 430 g/mol. The molecule has 4 rings (SSSR count). The average Bonchev–Trinajstić information content (AvgIpc) is 2.83. The maximum absolute atomic E-state index is 13.5. The molecule has 2 amide bonds. The number of anilines is 1. The molecule has 3 N–H and O–H groups in total. The van der Waals surface area contributed by atoms with E-state index in [2.05, 4.69) is 9.97 Å². The van der Waals surface area contributed by atoms with Gasteiger partial charge in [0.2, 0.25) is 11.8 Å². The van der Waals surface area contributed by atoms with Gasteiger partial charge in [-0.25, -0.2) is 9.97 Å². The zero-order valence-corrected chi connectivity index (χ0v) is 19.4. The molecule has 1 aliphatic rings. The number of rotatable bonds is 6. The first-order chi connectivity index (χ1) is 16.4. The van der Waals surface area contributed by atoms with Crippen LogP contribution in [0.4, 0.5) is 5.82 Å². The molecule has 2 aromatic carbocycles. The van der Waals surface area contributed by atoms with Crippen molar-refractivity contribution in [3.05, 3.63) is 66.0 Å². The van der Waals surface area contributed by atoms with Gasteiger partial charge in [-0.1, -0.05) is 31.5 Å². The molecule has 0 radical (unpaired) electrons. The first-order valence-electron chi connectivity index (χ1n) is 11.4. The SMILES string of the molecule is CCC[C@H]1C(=O)N(Cc2ccc3c(N)ncnc3c2)[C@H](C)CN1C(=O)C=Cc1ccc(O)cc1. The number of carbonyl (C=O) groups excluding carboxylic acids is 2. The molecule has 2 heterocycles. The van der Waals surface area contributed by atoms with Crippen LogP contribution in [0.3, 0.4) is 0 Å². The van der Waals surface area contributed by atoms with E-state index in [-0.39, 0.29) is 23.6 Å². The zero-order valence-electron chi connectivity index (χ0n) is 19.4. The lowest BCUT2D eigenvalue weighted by molar-refractivity contribution is -0.153. The Labute approximate surface area is 198 Å². The predicted molar refractivity (Wildman–Crippen MR) is 132 cm³/mol. The van der Waals surface area contributed by atoms with Crippen LogP contribution in [-0.2, 0) is 16.1 Å². The largest absolute Gasteiger partial charge is 0.508 e. The number of amides is 2. The third-order valence-electron chi connectivity index (χ3n) is 6.18. The Balaban J connectivity index is 1.52. The van der Waals surface area contributed by atoms with Gasteiger partial charge in [0.25, 0.3) is 0 Å². The molecule has 8 heteroatoms. The van der Waals surface area contributed by atoms with E-state index in [9.17, 15) is 14.7 Å². The second kappa shape index (κ2) is 9.91. The highest BCUT2D eigenvalue weighted by Crippen LogP contribution is 2.25. The van der Waals surface area contributed by atoms with Gasteiger partial charge < -0.3 is 20.6 Å². The van der Waals surface area contributed by atoms with Crippen LogP contribution in [0.25, 0.3) is 17.0 Å². The van der Waals surface area contributed by atoms with Gasteiger partial charge in [0.15, 0.2) is 0 Å². The minimum Gasteiger partial charge on any atom is -0.508 e. The minimum atomic E-state index is -0.503. The number of benzene rings is 2. The summed E-state index contributed by atoms with van der Waals surface area (Å²) >= 11 is 0. The molecule has 0 spiro atoms. The molecule has 1 aliphatic heterocycles. The lowest BCUT2D eigenvalue weighted by atomic mass is 10.0. The third kappa shape index (κ3) is 4.85. The number of fused-ring (bicyclic) bond motifs is 1. The number of phenolic OH excluding ortho intramolecular Hbond substituents is 1. The molecule has 8 nitrogen and oxygen atoms in total. The van der Waals surface area contributed by atoms with Gasteiger partial charge in [-0.05, 0) is 54.8 Å². The number of phenols is 1. The van der Waals surface area contributed by atoms with Crippen molar-refractivity contribution < 1.29 is 14.7 Å². The van der Waals surface area contributed by atoms with Crippen LogP contribution in [-0.4, -0.2) is 55.3 Å². The topological polar surface area (TPSA) is 113 Å². The first kappa shape index (κ1) is 23.2. The van der Waals surface area contributed by atoms with E-state index in [0.29, 0.717) is 25.3 Å². The lowest BCUT2D eigenvalue weighted by Gasteiger charge is -2.44. The van der Waals surface area contributed by atoms with Gasteiger partial charge in [0.1, 0.15) is 23.9 Å². The lowest BCUT2D eigenvalue weighted by Crippen LogP contribution is -2.61. The van der Waals surface area contributed by atoms with Crippen molar-refractivity contribution in [2.75, 3.05) is 12.3 Å². The number of nitrogen functional groups attached to an aromatic ring is 1. The highest BCUT2D eigenvalue weighted by molar-refractivity contribution is 5.96. The number of nitrogens with zero attached hydrogens (tertiary/aromatic N) is 4. The summed E-state index contributed by atoms with van der Waals surface area (Å²) in [6.07, 6.45) is 6.02. The molecule has 1 fully saturated rings. The molecule has 176 valence electrons. The van der Waals surface area contributed by atoms with Gasteiger partial charge in [0.05, 0.1) is 5.52 Å². The minimum absolute atomic E-state index is 0.0470. The van der Waals surface area contributed by atoms with Crippen molar-refractivity contribution in [2.45, 2.75) is 45.3 Å². The molecule has 2 atom stereocenters. The summed E-state index contributed by atoms with van der Waals surface area (Å²) < 4.78 is 0. The summed E-state index contributed by atoms with van der Waals surface area (Å²) in [5, 5.41) is 10.2. The van der Waals surface area contributed by atoms with Crippen molar-refractivity contribution in [2.24, 2.45) is 0 Å². The van der Waals surface area contributed by atoms with Crippen LogP contribution < -0.4 is 5.73 Å². The van der Waals surface area contributed by atoms with Gasteiger partial charge in [0, 0.05) is 30.6 Å². The van der Waals surface area contributed by atoms with E-state index in [0.717, 1.165) is 28.5 Å². The van der Waals surface area contributed by atoms with E-state index >= 15 is 0 Å². The quantitative estimate of drug-likeness (QED) is 0.547.